The van der Waals surface area contributed by atoms with Gasteiger partial charge in [-0.1, -0.05) is 0 Å². The standard InChI is InChI=1S/C6H15O4P/c1-3-9-6(10-4-2)5-11(7)8/h6,11H,3-5H2,1-2H3,(H,7,8). The lowest BCUT2D eigenvalue weighted by molar-refractivity contribution is -0.121. The second-order valence-corrected chi connectivity index (χ2v) is 3.13. The van der Waals surface area contributed by atoms with E-state index in [9.17, 15) is 4.57 Å². The molecule has 68 valence electrons. The second-order valence-electron chi connectivity index (χ2n) is 1.94. The molecule has 0 aromatic carbocycles. The minimum Gasteiger partial charge on any atom is -0.352 e. The highest BCUT2D eigenvalue weighted by molar-refractivity contribution is 7.38. The van der Waals surface area contributed by atoms with Crippen molar-refractivity contribution in [3.05, 3.63) is 0 Å². The van der Waals surface area contributed by atoms with Crippen molar-refractivity contribution in [3.8, 4) is 0 Å². The topological polar surface area (TPSA) is 55.8 Å². The van der Waals surface area contributed by atoms with Gasteiger partial charge < -0.3 is 14.4 Å². The van der Waals surface area contributed by atoms with Crippen molar-refractivity contribution >= 4 is 8.03 Å². The molecule has 0 amide bonds. The van der Waals surface area contributed by atoms with Gasteiger partial charge in [-0.05, 0) is 13.8 Å². The van der Waals surface area contributed by atoms with E-state index < -0.39 is 14.3 Å². The SMILES string of the molecule is CCOC(C[PH](=O)O)OCC. The zero-order valence-corrected chi connectivity index (χ0v) is 7.87. The highest BCUT2D eigenvalue weighted by atomic mass is 31.1. The number of hydrogen-bond donors (Lipinski definition) is 1. The van der Waals surface area contributed by atoms with Gasteiger partial charge in [0.15, 0.2) is 14.3 Å². The Labute approximate surface area is 67.4 Å². The van der Waals surface area contributed by atoms with Crippen molar-refractivity contribution in [2.45, 2.75) is 20.1 Å². The molecule has 0 aliphatic rings. The smallest absolute Gasteiger partial charge is 0.194 e. The molecule has 0 aliphatic carbocycles. The maximum atomic E-state index is 10.4. The van der Waals surface area contributed by atoms with E-state index >= 15 is 0 Å². The van der Waals surface area contributed by atoms with Crippen molar-refractivity contribution in [2.24, 2.45) is 0 Å². The van der Waals surface area contributed by atoms with E-state index in [0.717, 1.165) is 0 Å². The van der Waals surface area contributed by atoms with Gasteiger partial charge in [-0.25, -0.2) is 0 Å². The summed E-state index contributed by atoms with van der Waals surface area (Å²) in [6, 6.07) is 0. The lowest BCUT2D eigenvalue weighted by Crippen LogP contribution is -2.19. The van der Waals surface area contributed by atoms with Gasteiger partial charge in [-0.3, -0.25) is 4.57 Å². The summed E-state index contributed by atoms with van der Waals surface area (Å²) in [5.41, 5.74) is 0. The number of rotatable bonds is 6. The first-order valence-corrected chi connectivity index (χ1v) is 5.22. The molecule has 1 unspecified atom stereocenters. The van der Waals surface area contributed by atoms with Gasteiger partial charge in [0.1, 0.15) is 0 Å². The van der Waals surface area contributed by atoms with E-state index in [2.05, 4.69) is 0 Å². The van der Waals surface area contributed by atoms with Crippen LogP contribution in [0.5, 0.6) is 0 Å². The Morgan fingerprint density at radius 1 is 1.36 bits per heavy atom. The Hall–Kier alpha value is 0.110. The summed E-state index contributed by atoms with van der Waals surface area (Å²) in [7, 11) is -2.48. The zero-order chi connectivity index (χ0) is 8.69. The average Bonchev–Trinajstić information content (AvgIpc) is 1.87. The van der Waals surface area contributed by atoms with Crippen LogP contribution >= 0.6 is 8.03 Å². The van der Waals surface area contributed by atoms with Gasteiger partial charge in [-0.2, -0.15) is 0 Å². The fourth-order valence-corrected chi connectivity index (χ4v) is 1.20. The minimum absolute atomic E-state index is 0.0896. The van der Waals surface area contributed by atoms with Crippen LogP contribution in [0.2, 0.25) is 0 Å². The van der Waals surface area contributed by atoms with Crippen molar-refractivity contribution in [1.29, 1.82) is 0 Å². The van der Waals surface area contributed by atoms with Crippen molar-refractivity contribution in [2.75, 3.05) is 19.4 Å². The predicted molar refractivity (Wildman–Crippen MR) is 43.1 cm³/mol. The predicted octanol–water partition coefficient (Wildman–Crippen LogP) is 0.852. The quantitative estimate of drug-likeness (QED) is 0.488. The van der Waals surface area contributed by atoms with Crippen LogP contribution in [0.25, 0.3) is 0 Å². The third kappa shape index (κ3) is 6.51. The highest BCUT2D eigenvalue weighted by Gasteiger charge is 2.09. The van der Waals surface area contributed by atoms with Crippen LogP contribution in [0.3, 0.4) is 0 Å². The van der Waals surface area contributed by atoms with Crippen LogP contribution < -0.4 is 0 Å². The Kier molecular flexibility index (Phi) is 6.87. The van der Waals surface area contributed by atoms with E-state index in [0.29, 0.717) is 13.2 Å². The molecule has 0 aliphatic heterocycles. The molecule has 0 spiro atoms. The second kappa shape index (κ2) is 6.80. The third-order valence-corrected chi connectivity index (χ3v) is 1.73. The van der Waals surface area contributed by atoms with E-state index in [1.807, 2.05) is 13.8 Å². The first kappa shape index (κ1) is 11.1. The minimum atomic E-state index is -2.48. The first-order chi connectivity index (χ1) is 5.20. The van der Waals surface area contributed by atoms with Crippen molar-refractivity contribution in [1.82, 2.24) is 0 Å². The molecule has 0 saturated carbocycles. The molecule has 0 rings (SSSR count). The summed E-state index contributed by atoms with van der Waals surface area (Å²) in [5, 5.41) is 0. The fraction of sp³-hybridized carbons (Fsp3) is 1.00. The number of hydrogen-bond acceptors (Lipinski definition) is 3. The van der Waals surface area contributed by atoms with E-state index in [1.165, 1.54) is 0 Å². The summed E-state index contributed by atoms with van der Waals surface area (Å²) in [5.74, 6) is 0. The molecule has 5 heteroatoms. The molecule has 0 aromatic heterocycles. The highest BCUT2D eigenvalue weighted by Crippen LogP contribution is 2.16. The average molecular weight is 182 g/mol. The van der Waals surface area contributed by atoms with Gasteiger partial charge >= 0.3 is 0 Å². The summed E-state index contributed by atoms with van der Waals surface area (Å²) in [4.78, 5) is 8.56. The normalized spacial score (nSPS) is 13.8. The Bertz CT molecular complexity index is 111. The lowest BCUT2D eigenvalue weighted by Gasteiger charge is -2.14. The summed E-state index contributed by atoms with van der Waals surface area (Å²) in [6.07, 6.45) is -0.423. The summed E-state index contributed by atoms with van der Waals surface area (Å²) >= 11 is 0. The molecular weight excluding hydrogens is 167 g/mol. The summed E-state index contributed by atoms with van der Waals surface area (Å²) in [6.45, 7) is 4.64. The molecule has 0 bridgehead atoms. The van der Waals surface area contributed by atoms with Crippen LogP contribution in [-0.4, -0.2) is 30.6 Å². The lowest BCUT2D eigenvalue weighted by atomic mass is 10.7. The molecule has 0 heterocycles. The molecule has 0 saturated heterocycles. The maximum absolute atomic E-state index is 10.4. The van der Waals surface area contributed by atoms with Gasteiger partial charge in [0.2, 0.25) is 0 Å². The van der Waals surface area contributed by atoms with Crippen LogP contribution in [0.15, 0.2) is 0 Å². The Balaban J connectivity index is 3.59. The fourth-order valence-electron chi connectivity index (χ4n) is 0.680. The van der Waals surface area contributed by atoms with Gasteiger partial charge in [0.05, 0.1) is 6.16 Å². The largest absolute Gasteiger partial charge is 0.352 e. The molecule has 0 radical (unpaired) electrons. The van der Waals surface area contributed by atoms with E-state index in [4.69, 9.17) is 14.4 Å². The molecule has 4 nitrogen and oxygen atoms in total. The monoisotopic (exact) mass is 182 g/mol. The zero-order valence-electron chi connectivity index (χ0n) is 6.87. The third-order valence-electron chi connectivity index (χ3n) is 1.05. The number of ether oxygens (including phenoxy) is 2. The Morgan fingerprint density at radius 3 is 2.09 bits per heavy atom. The molecular formula is C6H15O4P. The summed E-state index contributed by atoms with van der Waals surface area (Å²) < 4.78 is 20.5. The molecule has 1 atom stereocenters. The Morgan fingerprint density at radius 2 is 1.82 bits per heavy atom. The van der Waals surface area contributed by atoms with Crippen molar-refractivity contribution < 1.29 is 18.9 Å². The molecule has 0 fully saturated rings. The van der Waals surface area contributed by atoms with Gasteiger partial charge in [-0.15, -0.1) is 0 Å². The first-order valence-electron chi connectivity index (χ1n) is 3.65. The molecule has 11 heavy (non-hydrogen) atoms. The maximum Gasteiger partial charge on any atom is 0.194 e. The van der Waals surface area contributed by atoms with E-state index in [-0.39, 0.29) is 6.16 Å². The van der Waals surface area contributed by atoms with Crippen LogP contribution in [0, 0.1) is 0 Å². The molecule has 0 aromatic rings. The van der Waals surface area contributed by atoms with E-state index in [1.54, 1.807) is 0 Å². The van der Waals surface area contributed by atoms with Crippen molar-refractivity contribution in [3.63, 3.8) is 0 Å². The van der Waals surface area contributed by atoms with Gasteiger partial charge in [0.25, 0.3) is 0 Å². The van der Waals surface area contributed by atoms with Crippen LogP contribution in [0.1, 0.15) is 13.8 Å². The van der Waals surface area contributed by atoms with Crippen LogP contribution in [0.4, 0.5) is 0 Å². The molecule has 1 N–H and O–H groups in total. The van der Waals surface area contributed by atoms with Gasteiger partial charge in [0, 0.05) is 13.2 Å². The van der Waals surface area contributed by atoms with Crippen LogP contribution in [-0.2, 0) is 14.0 Å².